The fourth-order valence-electron chi connectivity index (χ4n) is 2.61. The Balaban J connectivity index is 1.60. The fraction of sp³-hybridized carbons (Fsp3) is 1.00. The van der Waals surface area contributed by atoms with Crippen LogP contribution in [-0.2, 0) is 0 Å². The van der Waals surface area contributed by atoms with Crippen LogP contribution in [0.3, 0.4) is 0 Å². The molecule has 2 fully saturated rings. The Hall–Kier alpha value is -0.120. The Bertz CT molecular complexity index is 184. The molecule has 0 radical (unpaired) electrons. The highest BCUT2D eigenvalue weighted by atomic mass is 16.3. The number of nitrogens with zero attached hydrogens (tertiary/aromatic N) is 2. The maximum absolute atomic E-state index is 9.20. The summed E-state index contributed by atoms with van der Waals surface area (Å²) in [5, 5.41) is 9.20. The molecule has 0 amide bonds. The standard InChI is InChI=1S/C12H24N2O/c1-11(15)5-8-13-9-12(10-13)14-6-3-2-4-7-14/h11-12,15H,2-10H2,1H3. The van der Waals surface area contributed by atoms with Crippen LogP contribution in [0.4, 0.5) is 0 Å². The van der Waals surface area contributed by atoms with E-state index in [9.17, 15) is 5.11 Å². The molecular weight excluding hydrogens is 188 g/mol. The molecule has 2 aliphatic heterocycles. The molecule has 3 heteroatoms. The first-order valence-corrected chi connectivity index (χ1v) is 6.40. The Labute approximate surface area is 93.1 Å². The highest BCUT2D eigenvalue weighted by molar-refractivity contribution is 4.89. The highest BCUT2D eigenvalue weighted by Crippen LogP contribution is 2.19. The summed E-state index contributed by atoms with van der Waals surface area (Å²) in [5.41, 5.74) is 0. The summed E-state index contributed by atoms with van der Waals surface area (Å²) in [4.78, 5) is 5.12. The monoisotopic (exact) mass is 212 g/mol. The van der Waals surface area contributed by atoms with E-state index in [1.807, 2.05) is 6.92 Å². The SMILES string of the molecule is CC(O)CCN1CC(N2CCCCC2)C1. The number of hydrogen-bond acceptors (Lipinski definition) is 3. The molecule has 2 aliphatic rings. The lowest BCUT2D eigenvalue weighted by Gasteiger charge is -2.47. The Morgan fingerprint density at radius 2 is 1.87 bits per heavy atom. The second kappa shape index (κ2) is 5.28. The van der Waals surface area contributed by atoms with Crippen LogP contribution < -0.4 is 0 Å². The molecule has 2 saturated heterocycles. The van der Waals surface area contributed by atoms with Gasteiger partial charge in [0.25, 0.3) is 0 Å². The normalized spacial score (nSPS) is 27.6. The van der Waals surface area contributed by atoms with Crippen molar-refractivity contribution in [2.24, 2.45) is 0 Å². The highest BCUT2D eigenvalue weighted by Gasteiger charge is 2.31. The molecule has 0 aromatic heterocycles. The molecule has 0 aromatic rings. The van der Waals surface area contributed by atoms with Crippen LogP contribution in [0, 0.1) is 0 Å². The van der Waals surface area contributed by atoms with E-state index in [1.54, 1.807) is 0 Å². The lowest BCUT2D eigenvalue weighted by molar-refractivity contribution is 0.0160. The third-order valence-electron chi connectivity index (χ3n) is 3.71. The quantitative estimate of drug-likeness (QED) is 0.751. The first kappa shape index (κ1) is 11.4. The van der Waals surface area contributed by atoms with Crippen LogP contribution in [0.5, 0.6) is 0 Å². The summed E-state index contributed by atoms with van der Waals surface area (Å²) in [5.74, 6) is 0. The zero-order valence-electron chi connectivity index (χ0n) is 9.86. The Morgan fingerprint density at radius 1 is 1.20 bits per heavy atom. The lowest BCUT2D eigenvalue weighted by atomic mass is 10.0. The topological polar surface area (TPSA) is 26.7 Å². The van der Waals surface area contributed by atoms with Gasteiger partial charge in [-0.05, 0) is 39.3 Å². The number of piperidine rings is 1. The first-order valence-electron chi connectivity index (χ1n) is 6.40. The molecule has 2 heterocycles. The third kappa shape index (κ3) is 3.16. The van der Waals surface area contributed by atoms with Crippen molar-refractivity contribution < 1.29 is 5.11 Å². The molecule has 0 spiro atoms. The molecule has 1 unspecified atom stereocenters. The molecule has 1 atom stereocenters. The van der Waals surface area contributed by atoms with Crippen molar-refractivity contribution >= 4 is 0 Å². The van der Waals surface area contributed by atoms with Gasteiger partial charge >= 0.3 is 0 Å². The van der Waals surface area contributed by atoms with Crippen LogP contribution in [0.1, 0.15) is 32.6 Å². The van der Waals surface area contributed by atoms with Gasteiger partial charge in [0.2, 0.25) is 0 Å². The molecule has 1 N–H and O–H groups in total. The van der Waals surface area contributed by atoms with Gasteiger partial charge in [0.05, 0.1) is 6.10 Å². The average Bonchev–Trinajstić information content (AvgIpc) is 2.16. The van der Waals surface area contributed by atoms with E-state index in [1.165, 1.54) is 45.4 Å². The number of hydrogen-bond donors (Lipinski definition) is 1. The molecule has 0 saturated carbocycles. The molecular formula is C12H24N2O. The molecule has 0 aliphatic carbocycles. The van der Waals surface area contributed by atoms with Crippen molar-refractivity contribution in [3.05, 3.63) is 0 Å². The van der Waals surface area contributed by atoms with Crippen LogP contribution >= 0.6 is 0 Å². The second-order valence-electron chi connectivity index (χ2n) is 5.15. The van der Waals surface area contributed by atoms with Gasteiger partial charge in [-0.3, -0.25) is 4.90 Å². The predicted octanol–water partition coefficient (Wildman–Crippen LogP) is 0.927. The molecule has 88 valence electrons. The fourth-order valence-corrected chi connectivity index (χ4v) is 2.61. The van der Waals surface area contributed by atoms with E-state index in [0.717, 1.165) is 19.0 Å². The molecule has 0 bridgehead atoms. The van der Waals surface area contributed by atoms with Gasteiger partial charge in [-0.1, -0.05) is 6.42 Å². The summed E-state index contributed by atoms with van der Waals surface area (Å²) in [6.45, 7) is 8.03. The van der Waals surface area contributed by atoms with Gasteiger partial charge in [-0.15, -0.1) is 0 Å². The van der Waals surface area contributed by atoms with Crippen molar-refractivity contribution in [2.45, 2.75) is 44.8 Å². The van der Waals surface area contributed by atoms with Gasteiger partial charge in [-0.2, -0.15) is 0 Å². The maximum Gasteiger partial charge on any atom is 0.0524 e. The van der Waals surface area contributed by atoms with Gasteiger partial charge in [0.1, 0.15) is 0 Å². The van der Waals surface area contributed by atoms with Crippen molar-refractivity contribution in [2.75, 3.05) is 32.7 Å². The van der Waals surface area contributed by atoms with E-state index in [2.05, 4.69) is 9.80 Å². The smallest absolute Gasteiger partial charge is 0.0524 e. The van der Waals surface area contributed by atoms with Crippen LogP contribution in [-0.4, -0.2) is 59.8 Å². The number of rotatable bonds is 4. The van der Waals surface area contributed by atoms with Crippen LogP contribution in [0.25, 0.3) is 0 Å². The van der Waals surface area contributed by atoms with E-state index >= 15 is 0 Å². The van der Waals surface area contributed by atoms with E-state index in [0.29, 0.717) is 0 Å². The molecule has 0 aromatic carbocycles. The zero-order chi connectivity index (χ0) is 10.7. The zero-order valence-corrected chi connectivity index (χ0v) is 9.86. The lowest BCUT2D eigenvalue weighted by Crippen LogP contribution is -2.60. The molecule has 15 heavy (non-hydrogen) atoms. The maximum atomic E-state index is 9.20. The van der Waals surface area contributed by atoms with Gasteiger partial charge < -0.3 is 10.0 Å². The number of aliphatic hydroxyl groups is 1. The minimum Gasteiger partial charge on any atom is -0.393 e. The van der Waals surface area contributed by atoms with Crippen molar-refractivity contribution in [1.29, 1.82) is 0 Å². The van der Waals surface area contributed by atoms with Gasteiger partial charge in [0.15, 0.2) is 0 Å². The van der Waals surface area contributed by atoms with E-state index < -0.39 is 0 Å². The van der Waals surface area contributed by atoms with Crippen LogP contribution in [0.15, 0.2) is 0 Å². The Kier molecular flexibility index (Phi) is 4.00. The van der Waals surface area contributed by atoms with Crippen molar-refractivity contribution in [1.82, 2.24) is 9.80 Å². The summed E-state index contributed by atoms with van der Waals surface area (Å²) in [6, 6.07) is 0.819. The second-order valence-corrected chi connectivity index (χ2v) is 5.15. The summed E-state index contributed by atoms with van der Waals surface area (Å²) >= 11 is 0. The van der Waals surface area contributed by atoms with E-state index in [-0.39, 0.29) is 6.10 Å². The average molecular weight is 212 g/mol. The van der Waals surface area contributed by atoms with Crippen molar-refractivity contribution in [3.8, 4) is 0 Å². The Morgan fingerprint density at radius 3 is 2.47 bits per heavy atom. The van der Waals surface area contributed by atoms with Crippen molar-refractivity contribution in [3.63, 3.8) is 0 Å². The predicted molar refractivity (Wildman–Crippen MR) is 61.9 cm³/mol. The minimum atomic E-state index is -0.140. The molecule has 2 rings (SSSR count). The van der Waals surface area contributed by atoms with Gasteiger partial charge in [0, 0.05) is 25.7 Å². The summed E-state index contributed by atoms with van der Waals surface area (Å²) in [7, 11) is 0. The van der Waals surface area contributed by atoms with Crippen LogP contribution in [0.2, 0.25) is 0 Å². The number of likely N-dealkylation sites (tertiary alicyclic amines) is 2. The largest absolute Gasteiger partial charge is 0.393 e. The summed E-state index contributed by atoms with van der Waals surface area (Å²) in [6.07, 6.45) is 5.00. The summed E-state index contributed by atoms with van der Waals surface area (Å²) < 4.78 is 0. The third-order valence-corrected chi connectivity index (χ3v) is 3.71. The first-order chi connectivity index (χ1) is 7.25. The van der Waals surface area contributed by atoms with Gasteiger partial charge in [-0.25, -0.2) is 0 Å². The molecule has 3 nitrogen and oxygen atoms in total. The number of aliphatic hydroxyl groups excluding tert-OH is 1. The van der Waals surface area contributed by atoms with E-state index in [4.69, 9.17) is 0 Å². The minimum absolute atomic E-state index is 0.140.